The van der Waals surface area contributed by atoms with Crippen molar-refractivity contribution in [2.45, 2.75) is 33.3 Å². The Kier molecular flexibility index (Phi) is 4.60. The fourth-order valence-corrected chi connectivity index (χ4v) is 1.94. The molecule has 1 saturated heterocycles. The fraction of sp³-hybridized carbons (Fsp3) is 0.600. The maximum Gasteiger partial charge on any atom is 0.332 e. The number of aliphatic carboxylic acids is 1. The molecule has 0 aliphatic carbocycles. The topological polar surface area (TPSA) is 90.5 Å². The summed E-state index contributed by atoms with van der Waals surface area (Å²) in [6, 6.07) is 2.10. The van der Waals surface area contributed by atoms with E-state index in [1.54, 1.807) is 20.8 Å². The van der Waals surface area contributed by atoms with E-state index < -0.39 is 17.0 Å². The van der Waals surface area contributed by atoms with Crippen molar-refractivity contribution >= 4 is 5.97 Å². The normalized spacial score (nSPS) is 20.6. The molecule has 108 valence electrons. The second-order valence-electron chi connectivity index (χ2n) is 5.41. The minimum atomic E-state index is -1.53. The Morgan fingerprint density at radius 2 is 1.95 bits per heavy atom. The van der Waals surface area contributed by atoms with Crippen molar-refractivity contribution in [1.29, 1.82) is 5.26 Å². The number of allylic oxidation sites excluding steroid dienone is 1. The summed E-state index contributed by atoms with van der Waals surface area (Å²) in [6.45, 7) is 6.84. The molecule has 1 aliphatic rings. The average molecular weight is 277 g/mol. The first-order valence-electron chi connectivity index (χ1n) is 6.35. The van der Waals surface area contributed by atoms with Crippen LogP contribution in [0.4, 0.5) is 0 Å². The lowest BCUT2D eigenvalue weighted by Gasteiger charge is -2.47. The number of carboxylic acid groups (broad SMARTS) is 1. The number of nitrogens with zero attached hydrogens (tertiary/aromatic N) is 1. The lowest BCUT2D eigenvalue weighted by molar-refractivity contribution is -0.180. The summed E-state index contributed by atoms with van der Waals surface area (Å²) >= 11 is 0. The van der Waals surface area contributed by atoms with Gasteiger partial charge in [0.05, 0.1) is 19.3 Å². The molecule has 1 atom stereocenters. The van der Waals surface area contributed by atoms with E-state index in [1.165, 1.54) is 6.92 Å². The smallest absolute Gasteiger partial charge is 0.332 e. The molecule has 0 aromatic heterocycles. The van der Waals surface area contributed by atoms with Gasteiger partial charge in [-0.3, -0.25) is 0 Å². The quantitative estimate of drug-likeness (QED) is 0.600. The number of hydrogen-bond acceptors (Lipinski definition) is 4. The molecule has 1 heterocycles. The Morgan fingerprint density at radius 1 is 1.40 bits per heavy atom. The van der Waals surface area contributed by atoms with Crippen molar-refractivity contribution in [1.82, 2.24) is 0 Å². The minimum absolute atomic E-state index is 0.125. The molecule has 0 aromatic rings. The van der Waals surface area contributed by atoms with Crippen molar-refractivity contribution in [3.8, 4) is 17.9 Å². The summed E-state index contributed by atoms with van der Waals surface area (Å²) in [6.07, 6.45) is 0. The van der Waals surface area contributed by atoms with Crippen LogP contribution in [0.2, 0.25) is 0 Å². The minimum Gasteiger partial charge on any atom is -0.478 e. The number of ether oxygens (including phenoxy) is 1. The van der Waals surface area contributed by atoms with Gasteiger partial charge in [0.15, 0.2) is 5.60 Å². The summed E-state index contributed by atoms with van der Waals surface area (Å²) in [5, 5.41) is 29.0. The highest BCUT2D eigenvalue weighted by Gasteiger charge is 2.57. The van der Waals surface area contributed by atoms with Gasteiger partial charge in [0.25, 0.3) is 0 Å². The number of aliphatic hydroxyl groups is 1. The third kappa shape index (κ3) is 2.56. The number of nitriles is 1. The van der Waals surface area contributed by atoms with Crippen LogP contribution < -0.4 is 0 Å². The van der Waals surface area contributed by atoms with Gasteiger partial charge in [-0.1, -0.05) is 25.7 Å². The predicted molar refractivity (Wildman–Crippen MR) is 72.4 cm³/mol. The maximum atomic E-state index is 10.9. The molecule has 0 bridgehead atoms. The van der Waals surface area contributed by atoms with Crippen molar-refractivity contribution in [3.63, 3.8) is 0 Å². The molecule has 5 heteroatoms. The highest BCUT2D eigenvalue weighted by molar-refractivity contribution is 5.87. The van der Waals surface area contributed by atoms with Gasteiger partial charge in [-0.15, -0.1) is 0 Å². The molecule has 1 fully saturated rings. The first-order chi connectivity index (χ1) is 9.20. The molecule has 5 nitrogen and oxygen atoms in total. The van der Waals surface area contributed by atoms with E-state index in [1.807, 2.05) is 0 Å². The zero-order chi connectivity index (χ0) is 15.6. The van der Waals surface area contributed by atoms with Gasteiger partial charge < -0.3 is 14.9 Å². The SMILES string of the molecule is C/C(C#C[C@@](O)(C(C)C)C1(C#N)COC1)=C(\C)C(=O)O. The van der Waals surface area contributed by atoms with Gasteiger partial charge in [-0.25, -0.2) is 4.79 Å². The molecule has 2 N–H and O–H groups in total. The van der Waals surface area contributed by atoms with Gasteiger partial charge in [0.1, 0.15) is 5.41 Å². The Bertz CT molecular complexity index is 540. The molecule has 0 unspecified atom stereocenters. The van der Waals surface area contributed by atoms with E-state index >= 15 is 0 Å². The second kappa shape index (κ2) is 5.66. The van der Waals surface area contributed by atoms with Crippen LogP contribution in [-0.2, 0) is 9.53 Å². The Balaban J connectivity index is 3.23. The van der Waals surface area contributed by atoms with Crippen LogP contribution in [0.25, 0.3) is 0 Å². The summed E-state index contributed by atoms with van der Waals surface area (Å²) in [5.74, 6) is 4.06. The molecule has 0 aromatic carbocycles. The highest BCUT2D eigenvalue weighted by atomic mass is 16.5. The van der Waals surface area contributed by atoms with Gasteiger partial charge in [0.2, 0.25) is 0 Å². The van der Waals surface area contributed by atoms with Crippen LogP contribution in [0.1, 0.15) is 27.7 Å². The number of rotatable bonds is 3. The first-order valence-corrected chi connectivity index (χ1v) is 6.35. The largest absolute Gasteiger partial charge is 0.478 e. The zero-order valence-electron chi connectivity index (χ0n) is 12.1. The second-order valence-corrected chi connectivity index (χ2v) is 5.41. The van der Waals surface area contributed by atoms with E-state index in [4.69, 9.17) is 9.84 Å². The van der Waals surface area contributed by atoms with Gasteiger partial charge in [0, 0.05) is 11.1 Å². The van der Waals surface area contributed by atoms with Crippen LogP contribution in [0.5, 0.6) is 0 Å². The van der Waals surface area contributed by atoms with E-state index in [0.717, 1.165) is 0 Å². The number of carboxylic acids is 1. The summed E-state index contributed by atoms with van der Waals surface area (Å²) < 4.78 is 5.06. The van der Waals surface area contributed by atoms with Gasteiger partial charge in [-0.05, 0) is 19.8 Å². The number of carbonyl (C=O) groups is 1. The molecule has 0 saturated carbocycles. The molecular formula is C15H19NO4. The lowest BCUT2D eigenvalue weighted by Crippen LogP contribution is -2.61. The molecule has 0 spiro atoms. The van der Waals surface area contributed by atoms with E-state index in [0.29, 0.717) is 5.57 Å². The van der Waals surface area contributed by atoms with Crippen LogP contribution in [0.15, 0.2) is 11.1 Å². The van der Waals surface area contributed by atoms with Gasteiger partial charge >= 0.3 is 5.97 Å². The molecule has 0 radical (unpaired) electrons. The Hall–Kier alpha value is -1.82. The standard InChI is InChI=1S/C15H19NO4/c1-10(2)15(19,14(7-16)8-20-9-14)6-5-11(3)12(4)13(17)18/h10,19H,8-9H2,1-4H3,(H,17,18)/b12-11-/t15-/m1/s1. The Morgan fingerprint density at radius 3 is 2.25 bits per heavy atom. The van der Waals surface area contributed by atoms with Gasteiger partial charge in [-0.2, -0.15) is 5.26 Å². The summed E-state index contributed by atoms with van der Waals surface area (Å²) in [5.41, 5.74) is -2.09. The third-order valence-corrected chi connectivity index (χ3v) is 3.80. The van der Waals surface area contributed by atoms with E-state index in [-0.39, 0.29) is 24.7 Å². The van der Waals surface area contributed by atoms with Crippen molar-refractivity contribution in [2.75, 3.05) is 13.2 Å². The maximum absolute atomic E-state index is 10.9. The predicted octanol–water partition coefficient (Wildman–Crippen LogP) is 1.34. The third-order valence-electron chi connectivity index (χ3n) is 3.80. The molecule has 20 heavy (non-hydrogen) atoms. The van der Waals surface area contributed by atoms with Crippen LogP contribution in [0.3, 0.4) is 0 Å². The summed E-state index contributed by atoms with van der Waals surface area (Å²) in [7, 11) is 0. The van der Waals surface area contributed by atoms with Crippen LogP contribution >= 0.6 is 0 Å². The molecule has 1 rings (SSSR count). The lowest BCUT2D eigenvalue weighted by atomic mass is 9.66. The number of hydrogen-bond donors (Lipinski definition) is 2. The van der Waals surface area contributed by atoms with Crippen molar-refractivity contribution in [2.24, 2.45) is 11.3 Å². The van der Waals surface area contributed by atoms with Crippen molar-refractivity contribution < 1.29 is 19.7 Å². The van der Waals surface area contributed by atoms with E-state index in [2.05, 4.69) is 17.9 Å². The van der Waals surface area contributed by atoms with Crippen molar-refractivity contribution in [3.05, 3.63) is 11.1 Å². The summed E-state index contributed by atoms with van der Waals surface area (Å²) in [4.78, 5) is 10.9. The fourth-order valence-electron chi connectivity index (χ4n) is 1.94. The molecular weight excluding hydrogens is 258 g/mol. The first kappa shape index (κ1) is 16.2. The van der Waals surface area contributed by atoms with Crippen LogP contribution in [-0.4, -0.2) is 35.0 Å². The highest BCUT2D eigenvalue weighted by Crippen LogP contribution is 2.42. The monoisotopic (exact) mass is 277 g/mol. The van der Waals surface area contributed by atoms with Crippen LogP contribution in [0, 0.1) is 34.5 Å². The zero-order valence-corrected chi connectivity index (χ0v) is 12.1. The van der Waals surface area contributed by atoms with E-state index in [9.17, 15) is 15.2 Å². The average Bonchev–Trinajstić information content (AvgIpc) is 2.33. The molecule has 1 aliphatic heterocycles. The molecule has 0 amide bonds. The Labute approximate surface area is 118 Å².